The minimum absolute atomic E-state index is 0.0287. The van der Waals surface area contributed by atoms with E-state index in [2.05, 4.69) is 5.32 Å². The van der Waals surface area contributed by atoms with Gasteiger partial charge in [0.05, 0.1) is 6.42 Å². The molecule has 2 amide bonds. The Kier molecular flexibility index (Phi) is 7.36. The molecule has 0 radical (unpaired) electrons. The average Bonchev–Trinajstić information content (AvgIpc) is 2.62. The maximum absolute atomic E-state index is 13.2. The van der Waals surface area contributed by atoms with Crippen LogP contribution < -0.4 is 5.32 Å². The second-order valence-corrected chi connectivity index (χ2v) is 7.23. The smallest absolute Gasteiger partial charge is 0.242 e. The van der Waals surface area contributed by atoms with Crippen LogP contribution in [0.4, 0.5) is 4.39 Å². The topological polar surface area (TPSA) is 49.4 Å². The van der Waals surface area contributed by atoms with Crippen LogP contribution in [0.2, 0.25) is 5.02 Å². The molecule has 2 rings (SSSR count). The normalized spacial score (nSPS) is 11.9. The van der Waals surface area contributed by atoms with Crippen molar-refractivity contribution in [2.24, 2.45) is 0 Å². The van der Waals surface area contributed by atoms with Gasteiger partial charge in [-0.1, -0.05) is 35.9 Å². The third kappa shape index (κ3) is 6.36. The number of carbonyl (C=O) groups excluding carboxylic acids is 2. The first kappa shape index (κ1) is 20.9. The number of hydrogen-bond acceptors (Lipinski definition) is 2. The molecule has 2 aromatic carbocycles. The molecule has 0 heterocycles. The first-order valence-corrected chi connectivity index (χ1v) is 9.23. The van der Waals surface area contributed by atoms with Gasteiger partial charge in [-0.3, -0.25) is 9.59 Å². The summed E-state index contributed by atoms with van der Waals surface area (Å²) < 4.78 is 13.2. The lowest BCUT2D eigenvalue weighted by molar-refractivity contribution is -0.140. The number of hydrogen-bond donors (Lipinski definition) is 1. The Morgan fingerprint density at radius 1 is 1.00 bits per heavy atom. The van der Waals surface area contributed by atoms with Crippen molar-refractivity contribution in [1.82, 2.24) is 10.2 Å². The maximum Gasteiger partial charge on any atom is 0.242 e. The van der Waals surface area contributed by atoms with Gasteiger partial charge in [0.2, 0.25) is 11.8 Å². The molecular formula is C21H24ClFN2O2. The van der Waals surface area contributed by atoms with Crippen LogP contribution in [0.1, 0.15) is 31.9 Å². The van der Waals surface area contributed by atoms with Crippen molar-refractivity contribution >= 4 is 23.4 Å². The highest BCUT2D eigenvalue weighted by Gasteiger charge is 2.26. The molecule has 0 aliphatic carbocycles. The minimum Gasteiger partial charge on any atom is -0.352 e. The summed E-state index contributed by atoms with van der Waals surface area (Å²) in [7, 11) is 0. The lowest BCUT2D eigenvalue weighted by Crippen LogP contribution is -2.49. The summed E-state index contributed by atoms with van der Waals surface area (Å²) in [5, 5.41) is 3.43. The largest absolute Gasteiger partial charge is 0.352 e. The highest BCUT2D eigenvalue weighted by molar-refractivity contribution is 6.30. The molecule has 1 atom stereocenters. The molecule has 0 saturated carbocycles. The average molecular weight is 391 g/mol. The van der Waals surface area contributed by atoms with Gasteiger partial charge in [0.15, 0.2) is 0 Å². The fraction of sp³-hybridized carbons (Fsp3) is 0.333. The lowest BCUT2D eigenvalue weighted by Gasteiger charge is -2.29. The van der Waals surface area contributed by atoms with Gasteiger partial charge in [-0.05, 0) is 56.2 Å². The quantitative estimate of drug-likeness (QED) is 0.777. The molecule has 0 saturated heterocycles. The molecule has 144 valence electrons. The molecule has 2 aromatic rings. The molecule has 0 aliphatic rings. The molecule has 1 N–H and O–H groups in total. The van der Waals surface area contributed by atoms with Gasteiger partial charge in [0.25, 0.3) is 0 Å². The van der Waals surface area contributed by atoms with Crippen LogP contribution in [0.5, 0.6) is 0 Å². The number of carbonyl (C=O) groups is 2. The van der Waals surface area contributed by atoms with Gasteiger partial charge in [-0.25, -0.2) is 4.39 Å². The van der Waals surface area contributed by atoms with Crippen molar-refractivity contribution in [2.45, 2.75) is 45.8 Å². The van der Waals surface area contributed by atoms with E-state index in [0.717, 1.165) is 11.1 Å². The number of amides is 2. The fourth-order valence-electron chi connectivity index (χ4n) is 2.65. The van der Waals surface area contributed by atoms with Crippen molar-refractivity contribution in [3.63, 3.8) is 0 Å². The van der Waals surface area contributed by atoms with E-state index < -0.39 is 6.04 Å². The molecule has 0 aromatic heterocycles. The standard InChI is InChI=1S/C21H24ClFN2O2/c1-14(2)24-21(27)15(3)25(13-17-6-10-19(23)11-7-17)20(26)12-16-4-8-18(22)9-5-16/h4-11,14-15H,12-13H2,1-3H3,(H,24,27)/t15-/m1/s1. The van der Waals surface area contributed by atoms with E-state index in [-0.39, 0.29) is 36.6 Å². The van der Waals surface area contributed by atoms with Crippen LogP contribution in [0.3, 0.4) is 0 Å². The Balaban J connectivity index is 2.21. The third-order valence-electron chi connectivity index (χ3n) is 4.13. The van der Waals surface area contributed by atoms with Crippen molar-refractivity contribution in [3.05, 3.63) is 70.5 Å². The zero-order valence-electron chi connectivity index (χ0n) is 15.7. The molecule has 0 spiro atoms. The molecule has 27 heavy (non-hydrogen) atoms. The molecule has 0 fully saturated rings. The highest BCUT2D eigenvalue weighted by atomic mass is 35.5. The van der Waals surface area contributed by atoms with Crippen molar-refractivity contribution < 1.29 is 14.0 Å². The highest BCUT2D eigenvalue weighted by Crippen LogP contribution is 2.15. The van der Waals surface area contributed by atoms with Crippen LogP contribution in [-0.4, -0.2) is 28.8 Å². The summed E-state index contributed by atoms with van der Waals surface area (Å²) in [6.07, 6.45) is 0.150. The van der Waals surface area contributed by atoms with Crippen LogP contribution in [0.25, 0.3) is 0 Å². The van der Waals surface area contributed by atoms with Gasteiger partial charge in [-0.15, -0.1) is 0 Å². The fourth-order valence-corrected chi connectivity index (χ4v) is 2.78. The van der Waals surface area contributed by atoms with E-state index in [1.54, 1.807) is 43.3 Å². The van der Waals surface area contributed by atoms with Gasteiger partial charge < -0.3 is 10.2 Å². The molecular weight excluding hydrogens is 367 g/mol. The number of rotatable bonds is 7. The molecule has 4 nitrogen and oxygen atoms in total. The van der Waals surface area contributed by atoms with Crippen molar-refractivity contribution in [1.29, 1.82) is 0 Å². The number of halogens is 2. The second-order valence-electron chi connectivity index (χ2n) is 6.79. The maximum atomic E-state index is 13.2. The SMILES string of the molecule is CC(C)NC(=O)[C@@H](C)N(Cc1ccc(F)cc1)C(=O)Cc1ccc(Cl)cc1. The number of benzene rings is 2. The van der Waals surface area contributed by atoms with E-state index in [1.807, 2.05) is 13.8 Å². The van der Waals surface area contributed by atoms with Crippen LogP contribution in [0, 0.1) is 5.82 Å². The summed E-state index contributed by atoms with van der Waals surface area (Å²) in [5.41, 5.74) is 1.56. The summed E-state index contributed by atoms with van der Waals surface area (Å²) in [6.45, 7) is 5.65. The number of nitrogens with zero attached hydrogens (tertiary/aromatic N) is 1. The first-order chi connectivity index (χ1) is 12.8. The first-order valence-electron chi connectivity index (χ1n) is 8.85. The van der Waals surface area contributed by atoms with Gasteiger partial charge in [-0.2, -0.15) is 0 Å². The summed E-state index contributed by atoms with van der Waals surface area (Å²) >= 11 is 5.89. The zero-order valence-corrected chi connectivity index (χ0v) is 16.5. The van der Waals surface area contributed by atoms with Gasteiger partial charge in [0, 0.05) is 17.6 Å². The Labute approximate surface area is 164 Å². The van der Waals surface area contributed by atoms with E-state index in [0.29, 0.717) is 5.02 Å². The number of nitrogens with one attached hydrogen (secondary N) is 1. The summed E-state index contributed by atoms with van der Waals surface area (Å²) in [6, 6.07) is 12.3. The minimum atomic E-state index is -0.655. The zero-order chi connectivity index (χ0) is 20.0. The molecule has 0 unspecified atom stereocenters. The van der Waals surface area contributed by atoms with Crippen molar-refractivity contribution in [2.75, 3.05) is 0 Å². The van der Waals surface area contributed by atoms with Gasteiger partial charge in [0.1, 0.15) is 11.9 Å². The molecule has 0 bridgehead atoms. The second kappa shape index (κ2) is 9.51. The summed E-state index contributed by atoms with van der Waals surface area (Å²) in [4.78, 5) is 26.9. The lowest BCUT2D eigenvalue weighted by atomic mass is 10.1. The Hall–Kier alpha value is -2.40. The Morgan fingerprint density at radius 3 is 2.11 bits per heavy atom. The predicted molar refractivity (Wildman–Crippen MR) is 105 cm³/mol. The van der Waals surface area contributed by atoms with Crippen LogP contribution >= 0.6 is 11.6 Å². The molecule has 0 aliphatic heterocycles. The van der Waals surface area contributed by atoms with E-state index in [1.165, 1.54) is 17.0 Å². The third-order valence-corrected chi connectivity index (χ3v) is 4.38. The molecule has 6 heteroatoms. The van der Waals surface area contributed by atoms with Crippen molar-refractivity contribution in [3.8, 4) is 0 Å². The van der Waals surface area contributed by atoms with E-state index >= 15 is 0 Å². The van der Waals surface area contributed by atoms with Gasteiger partial charge >= 0.3 is 0 Å². The Bertz CT molecular complexity index is 776. The van der Waals surface area contributed by atoms with Crippen LogP contribution in [0.15, 0.2) is 48.5 Å². The van der Waals surface area contributed by atoms with Crippen LogP contribution in [-0.2, 0) is 22.6 Å². The van der Waals surface area contributed by atoms with E-state index in [9.17, 15) is 14.0 Å². The Morgan fingerprint density at radius 2 is 1.56 bits per heavy atom. The van der Waals surface area contributed by atoms with E-state index in [4.69, 9.17) is 11.6 Å². The monoisotopic (exact) mass is 390 g/mol. The predicted octanol–water partition coefficient (Wildman–Crippen LogP) is 3.96. The summed E-state index contributed by atoms with van der Waals surface area (Å²) in [5.74, 6) is -0.756.